The summed E-state index contributed by atoms with van der Waals surface area (Å²) in [6.07, 6.45) is 5.12. The first-order valence-electron chi connectivity index (χ1n) is 6.68. The molecule has 0 aliphatic heterocycles. The number of nitrogens with zero attached hydrogens (tertiary/aromatic N) is 3. The zero-order chi connectivity index (χ0) is 12.5. The number of hydrogen-bond donors (Lipinski definition) is 1. The normalized spacial score (nSPS) is 11.3. The molecular weight excluding hydrogens is 212 g/mol. The van der Waals surface area contributed by atoms with Crippen molar-refractivity contribution in [3.05, 3.63) is 18.2 Å². The van der Waals surface area contributed by atoms with E-state index in [2.05, 4.69) is 33.6 Å². The van der Waals surface area contributed by atoms with Gasteiger partial charge in [-0.3, -0.25) is 0 Å². The van der Waals surface area contributed by atoms with E-state index in [9.17, 15) is 0 Å². The minimum atomic E-state index is 1.01. The van der Waals surface area contributed by atoms with Crippen molar-refractivity contribution in [1.82, 2.24) is 19.8 Å². The van der Waals surface area contributed by atoms with Crippen LogP contribution in [0, 0.1) is 6.92 Å². The second kappa shape index (κ2) is 8.25. The molecule has 0 bridgehead atoms. The van der Waals surface area contributed by atoms with Gasteiger partial charge in [-0.15, -0.1) is 0 Å². The molecule has 0 aliphatic rings. The van der Waals surface area contributed by atoms with E-state index in [1.807, 2.05) is 19.3 Å². The van der Waals surface area contributed by atoms with Crippen LogP contribution in [0.25, 0.3) is 0 Å². The summed E-state index contributed by atoms with van der Waals surface area (Å²) < 4.78 is 2.18. The Morgan fingerprint density at radius 2 is 2.06 bits per heavy atom. The van der Waals surface area contributed by atoms with Gasteiger partial charge in [0.2, 0.25) is 0 Å². The lowest BCUT2D eigenvalue weighted by molar-refractivity contribution is 0.298. The summed E-state index contributed by atoms with van der Waals surface area (Å²) in [5.41, 5.74) is 0. The molecule has 0 aliphatic carbocycles. The second-order valence-electron chi connectivity index (χ2n) is 4.30. The van der Waals surface area contributed by atoms with Gasteiger partial charge in [0.15, 0.2) is 0 Å². The standard InChI is InChI=1S/C13H26N4/c1-4-16(5-2)10-6-7-14-8-11-17-12-9-15-13(17)3/h9,12,14H,4-8,10-11H2,1-3H3. The Labute approximate surface area is 105 Å². The third-order valence-electron chi connectivity index (χ3n) is 3.18. The molecule has 0 atom stereocenters. The van der Waals surface area contributed by atoms with Crippen LogP contribution in [0.15, 0.2) is 12.4 Å². The highest BCUT2D eigenvalue weighted by Gasteiger charge is 1.98. The summed E-state index contributed by atoms with van der Waals surface area (Å²) in [6, 6.07) is 0. The highest BCUT2D eigenvalue weighted by Crippen LogP contribution is 1.93. The van der Waals surface area contributed by atoms with Crippen molar-refractivity contribution in [3.8, 4) is 0 Å². The summed E-state index contributed by atoms with van der Waals surface area (Å²) >= 11 is 0. The Kier molecular flexibility index (Phi) is 6.89. The number of aromatic nitrogens is 2. The first kappa shape index (κ1) is 14.2. The molecule has 1 rings (SSSR count). The number of nitrogens with one attached hydrogen (secondary N) is 1. The molecule has 0 unspecified atom stereocenters. The van der Waals surface area contributed by atoms with Crippen LogP contribution in [-0.4, -0.2) is 47.2 Å². The Hall–Kier alpha value is -0.870. The Morgan fingerprint density at radius 3 is 2.65 bits per heavy atom. The third kappa shape index (κ3) is 5.33. The summed E-state index contributed by atoms with van der Waals surface area (Å²) in [5.74, 6) is 1.09. The van der Waals surface area contributed by atoms with E-state index in [4.69, 9.17) is 0 Å². The maximum Gasteiger partial charge on any atom is 0.105 e. The molecule has 98 valence electrons. The monoisotopic (exact) mass is 238 g/mol. The van der Waals surface area contributed by atoms with Crippen molar-refractivity contribution in [1.29, 1.82) is 0 Å². The molecule has 1 heterocycles. The van der Waals surface area contributed by atoms with Crippen LogP contribution in [0.3, 0.4) is 0 Å². The van der Waals surface area contributed by atoms with Gasteiger partial charge >= 0.3 is 0 Å². The lowest BCUT2D eigenvalue weighted by Gasteiger charge is -2.17. The van der Waals surface area contributed by atoms with Crippen molar-refractivity contribution >= 4 is 0 Å². The molecule has 17 heavy (non-hydrogen) atoms. The van der Waals surface area contributed by atoms with Gasteiger partial charge in [-0.2, -0.15) is 0 Å². The fourth-order valence-electron chi connectivity index (χ4n) is 1.93. The van der Waals surface area contributed by atoms with Crippen LogP contribution >= 0.6 is 0 Å². The average molecular weight is 238 g/mol. The first-order chi connectivity index (χ1) is 8.27. The predicted octanol–water partition coefficient (Wildman–Crippen LogP) is 1.51. The molecule has 0 spiro atoms. The molecule has 1 N–H and O–H groups in total. The molecule has 1 aromatic heterocycles. The first-order valence-corrected chi connectivity index (χ1v) is 6.68. The van der Waals surface area contributed by atoms with E-state index >= 15 is 0 Å². The van der Waals surface area contributed by atoms with Gasteiger partial charge in [0.05, 0.1) is 0 Å². The van der Waals surface area contributed by atoms with Crippen LogP contribution in [0.1, 0.15) is 26.1 Å². The Bertz CT molecular complexity index is 291. The topological polar surface area (TPSA) is 33.1 Å². The zero-order valence-corrected chi connectivity index (χ0v) is 11.4. The van der Waals surface area contributed by atoms with Crippen molar-refractivity contribution in [3.63, 3.8) is 0 Å². The Morgan fingerprint density at radius 1 is 1.29 bits per heavy atom. The van der Waals surface area contributed by atoms with E-state index in [0.717, 1.165) is 38.5 Å². The van der Waals surface area contributed by atoms with Gasteiger partial charge in [-0.1, -0.05) is 13.8 Å². The van der Waals surface area contributed by atoms with Crippen molar-refractivity contribution < 1.29 is 0 Å². The van der Waals surface area contributed by atoms with E-state index in [1.165, 1.54) is 13.0 Å². The van der Waals surface area contributed by atoms with Crippen molar-refractivity contribution in [2.45, 2.75) is 33.7 Å². The molecule has 0 amide bonds. The molecule has 4 heteroatoms. The Balaban J connectivity index is 2.00. The predicted molar refractivity (Wildman–Crippen MR) is 72.2 cm³/mol. The minimum Gasteiger partial charge on any atom is -0.334 e. The van der Waals surface area contributed by atoms with Crippen LogP contribution in [0.5, 0.6) is 0 Å². The minimum absolute atomic E-state index is 1.01. The van der Waals surface area contributed by atoms with Crippen molar-refractivity contribution in [2.75, 3.05) is 32.7 Å². The van der Waals surface area contributed by atoms with Gasteiger partial charge in [0.1, 0.15) is 5.82 Å². The van der Waals surface area contributed by atoms with Gasteiger partial charge in [-0.25, -0.2) is 4.98 Å². The molecule has 4 nitrogen and oxygen atoms in total. The molecule has 0 aromatic carbocycles. The fraction of sp³-hybridized carbons (Fsp3) is 0.769. The molecule has 0 saturated heterocycles. The van der Waals surface area contributed by atoms with E-state index in [-0.39, 0.29) is 0 Å². The smallest absolute Gasteiger partial charge is 0.105 e. The second-order valence-corrected chi connectivity index (χ2v) is 4.30. The number of imidazole rings is 1. The van der Waals surface area contributed by atoms with E-state index < -0.39 is 0 Å². The summed E-state index contributed by atoms with van der Waals surface area (Å²) in [4.78, 5) is 6.67. The lowest BCUT2D eigenvalue weighted by atomic mass is 10.3. The number of rotatable bonds is 9. The summed E-state index contributed by atoms with van der Waals surface area (Å²) in [7, 11) is 0. The maximum absolute atomic E-state index is 4.21. The summed E-state index contributed by atoms with van der Waals surface area (Å²) in [6.45, 7) is 13.1. The van der Waals surface area contributed by atoms with Crippen LogP contribution < -0.4 is 5.32 Å². The van der Waals surface area contributed by atoms with Crippen LogP contribution in [-0.2, 0) is 6.54 Å². The van der Waals surface area contributed by atoms with E-state index in [0.29, 0.717) is 0 Å². The zero-order valence-electron chi connectivity index (χ0n) is 11.4. The van der Waals surface area contributed by atoms with E-state index in [1.54, 1.807) is 0 Å². The van der Waals surface area contributed by atoms with Gasteiger partial charge in [0, 0.05) is 25.5 Å². The number of hydrogen-bond acceptors (Lipinski definition) is 3. The van der Waals surface area contributed by atoms with Gasteiger partial charge < -0.3 is 14.8 Å². The molecule has 0 radical (unpaired) electrons. The quantitative estimate of drug-likeness (QED) is 0.662. The molecule has 0 fully saturated rings. The molecule has 0 saturated carbocycles. The average Bonchev–Trinajstić information content (AvgIpc) is 2.74. The highest BCUT2D eigenvalue weighted by molar-refractivity contribution is 4.88. The van der Waals surface area contributed by atoms with Crippen LogP contribution in [0.2, 0.25) is 0 Å². The largest absolute Gasteiger partial charge is 0.334 e. The number of aryl methyl sites for hydroxylation is 1. The molecule has 1 aromatic rings. The third-order valence-corrected chi connectivity index (χ3v) is 3.18. The van der Waals surface area contributed by atoms with Gasteiger partial charge in [0.25, 0.3) is 0 Å². The highest BCUT2D eigenvalue weighted by atomic mass is 15.1. The maximum atomic E-state index is 4.21. The lowest BCUT2D eigenvalue weighted by Crippen LogP contribution is -2.28. The SMILES string of the molecule is CCN(CC)CCCNCCn1ccnc1C. The van der Waals surface area contributed by atoms with Crippen LogP contribution in [0.4, 0.5) is 0 Å². The summed E-state index contributed by atoms with van der Waals surface area (Å²) in [5, 5.41) is 3.48. The molecular formula is C13H26N4. The fourth-order valence-corrected chi connectivity index (χ4v) is 1.93. The van der Waals surface area contributed by atoms with Crippen molar-refractivity contribution in [2.24, 2.45) is 0 Å². The van der Waals surface area contributed by atoms with Gasteiger partial charge in [-0.05, 0) is 39.5 Å².